The average molecular weight is 368 g/mol. The summed E-state index contributed by atoms with van der Waals surface area (Å²) in [6.07, 6.45) is 3.83. The monoisotopic (exact) mass is 368 g/mol. The number of carbonyl (C=O) groups is 1. The summed E-state index contributed by atoms with van der Waals surface area (Å²) >= 11 is 0. The van der Waals surface area contributed by atoms with E-state index in [2.05, 4.69) is 15.4 Å². The molecule has 1 aliphatic rings. The molecule has 1 N–H and O–H groups in total. The van der Waals surface area contributed by atoms with Crippen molar-refractivity contribution in [3.05, 3.63) is 47.5 Å². The quantitative estimate of drug-likeness (QED) is 0.750. The first-order chi connectivity index (χ1) is 13.0. The summed E-state index contributed by atoms with van der Waals surface area (Å²) in [4.78, 5) is 17.3. The van der Waals surface area contributed by atoms with E-state index in [1.54, 1.807) is 10.6 Å². The highest BCUT2D eigenvalue weighted by atomic mass is 19.1. The van der Waals surface area contributed by atoms with Gasteiger partial charge in [0.25, 0.3) is 5.91 Å². The lowest BCUT2D eigenvalue weighted by atomic mass is 10.1. The molecule has 4 rings (SSSR count). The number of benzene rings is 1. The van der Waals surface area contributed by atoms with Crippen molar-refractivity contribution in [3.63, 3.8) is 0 Å². The number of aromatic nitrogens is 3. The number of carbonyl (C=O) groups excluding carboxylic acids is 1. The molecule has 0 saturated heterocycles. The third-order valence-corrected chi connectivity index (χ3v) is 4.99. The van der Waals surface area contributed by atoms with Gasteiger partial charge >= 0.3 is 0 Å². The molecule has 27 heavy (non-hydrogen) atoms. The summed E-state index contributed by atoms with van der Waals surface area (Å²) in [7, 11) is 1.49. The van der Waals surface area contributed by atoms with Crippen molar-refractivity contribution in [1.82, 2.24) is 19.9 Å². The molecule has 140 valence electrons. The number of amides is 1. The molecule has 1 atom stereocenters. The number of nitrogens with one attached hydrogen (secondary N) is 1. The van der Waals surface area contributed by atoms with Gasteiger partial charge in [-0.25, -0.2) is 13.9 Å². The molecule has 1 unspecified atom stereocenters. The van der Waals surface area contributed by atoms with Gasteiger partial charge in [0.05, 0.1) is 19.0 Å². The van der Waals surface area contributed by atoms with Crippen LogP contribution >= 0.6 is 0 Å². The van der Waals surface area contributed by atoms with E-state index in [9.17, 15) is 9.18 Å². The molecule has 7 heteroatoms. The van der Waals surface area contributed by atoms with Gasteiger partial charge in [0, 0.05) is 23.4 Å². The van der Waals surface area contributed by atoms with E-state index in [1.807, 2.05) is 19.9 Å². The first kappa shape index (κ1) is 17.5. The molecule has 1 aliphatic carbocycles. The molecule has 0 aliphatic heterocycles. The van der Waals surface area contributed by atoms with Crippen LogP contribution in [-0.2, 0) is 0 Å². The summed E-state index contributed by atoms with van der Waals surface area (Å²) in [5, 5.41) is 7.32. The Kier molecular flexibility index (Phi) is 4.30. The maximum absolute atomic E-state index is 13.9. The maximum atomic E-state index is 13.9. The zero-order valence-electron chi connectivity index (χ0n) is 15.5. The topological polar surface area (TPSA) is 68.5 Å². The van der Waals surface area contributed by atoms with Gasteiger partial charge in [0.15, 0.2) is 5.65 Å². The van der Waals surface area contributed by atoms with Gasteiger partial charge in [0.1, 0.15) is 17.1 Å². The van der Waals surface area contributed by atoms with Crippen LogP contribution in [0.3, 0.4) is 0 Å². The predicted molar refractivity (Wildman–Crippen MR) is 99.3 cm³/mol. The van der Waals surface area contributed by atoms with Crippen LogP contribution in [0.15, 0.2) is 30.5 Å². The molecular formula is C20H21FN4O2. The minimum Gasteiger partial charge on any atom is -0.497 e. The lowest BCUT2D eigenvalue weighted by Crippen LogP contribution is -2.34. The van der Waals surface area contributed by atoms with Crippen LogP contribution in [0.25, 0.3) is 16.9 Å². The summed E-state index contributed by atoms with van der Waals surface area (Å²) in [6, 6.07) is 6.36. The van der Waals surface area contributed by atoms with Crippen molar-refractivity contribution in [2.24, 2.45) is 5.92 Å². The predicted octanol–water partition coefficient (Wildman–Crippen LogP) is 3.38. The number of aryl methyl sites for hydroxylation is 1. The molecule has 1 fully saturated rings. The van der Waals surface area contributed by atoms with Crippen molar-refractivity contribution in [1.29, 1.82) is 0 Å². The second-order valence-corrected chi connectivity index (χ2v) is 7.06. The van der Waals surface area contributed by atoms with Gasteiger partial charge in [-0.3, -0.25) is 4.79 Å². The fourth-order valence-corrected chi connectivity index (χ4v) is 3.25. The van der Waals surface area contributed by atoms with E-state index in [4.69, 9.17) is 4.74 Å². The van der Waals surface area contributed by atoms with Crippen LogP contribution in [0.5, 0.6) is 5.75 Å². The number of rotatable bonds is 5. The lowest BCUT2D eigenvalue weighted by molar-refractivity contribution is 0.0937. The van der Waals surface area contributed by atoms with Crippen molar-refractivity contribution >= 4 is 11.6 Å². The van der Waals surface area contributed by atoms with E-state index >= 15 is 0 Å². The van der Waals surface area contributed by atoms with Gasteiger partial charge in [-0.05, 0) is 50.8 Å². The summed E-state index contributed by atoms with van der Waals surface area (Å²) in [5.74, 6) is 0.369. The number of fused-ring (bicyclic) bond motifs is 1. The second-order valence-electron chi connectivity index (χ2n) is 7.06. The SMILES string of the molecule is COc1cc(F)cc(-c2cc(C)n3ncc(C(=O)NC(C)C4CC4)c3n2)c1. The normalized spacial score (nSPS) is 15.0. The van der Waals surface area contributed by atoms with Crippen LogP contribution < -0.4 is 10.1 Å². The van der Waals surface area contributed by atoms with Crippen LogP contribution in [0.1, 0.15) is 35.8 Å². The van der Waals surface area contributed by atoms with E-state index < -0.39 is 5.82 Å². The van der Waals surface area contributed by atoms with Crippen molar-refractivity contribution in [2.75, 3.05) is 7.11 Å². The van der Waals surface area contributed by atoms with Gasteiger partial charge in [-0.1, -0.05) is 0 Å². The fourth-order valence-electron chi connectivity index (χ4n) is 3.25. The number of hydrogen-bond donors (Lipinski definition) is 1. The number of ether oxygens (including phenoxy) is 1. The minimum absolute atomic E-state index is 0.129. The number of halogens is 1. The molecule has 0 radical (unpaired) electrons. The van der Waals surface area contributed by atoms with Crippen molar-refractivity contribution < 1.29 is 13.9 Å². The molecule has 0 bridgehead atoms. The highest BCUT2D eigenvalue weighted by molar-refractivity contribution is 6.00. The Labute approximate surface area is 156 Å². The van der Waals surface area contributed by atoms with Crippen LogP contribution in [0.2, 0.25) is 0 Å². The third-order valence-electron chi connectivity index (χ3n) is 4.99. The molecule has 0 spiro atoms. The summed E-state index contributed by atoms with van der Waals surface area (Å²) in [6.45, 7) is 3.89. The number of nitrogens with zero attached hydrogens (tertiary/aromatic N) is 3. The molecule has 2 heterocycles. The van der Waals surface area contributed by atoms with Crippen LogP contribution in [-0.4, -0.2) is 33.7 Å². The smallest absolute Gasteiger partial charge is 0.256 e. The minimum atomic E-state index is -0.409. The number of hydrogen-bond acceptors (Lipinski definition) is 4. The molecule has 6 nitrogen and oxygen atoms in total. The van der Waals surface area contributed by atoms with E-state index in [0.29, 0.717) is 34.1 Å². The highest BCUT2D eigenvalue weighted by Crippen LogP contribution is 2.32. The van der Waals surface area contributed by atoms with E-state index in [0.717, 1.165) is 18.5 Å². The first-order valence-corrected chi connectivity index (χ1v) is 8.97. The fraction of sp³-hybridized carbons (Fsp3) is 0.350. The highest BCUT2D eigenvalue weighted by Gasteiger charge is 2.30. The zero-order chi connectivity index (χ0) is 19.1. The Morgan fingerprint density at radius 1 is 1.33 bits per heavy atom. The van der Waals surface area contributed by atoms with Gasteiger partial charge in [-0.2, -0.15) is 5.10 Å². The van der Waals surface area contributed by atoms with Gasteiger partial charge in [0.2, 0.25) is 0 Å². The molecule has 2 aromatic heterocycles. The Morgan fingerprint density at radius 2 is 2.11 bits per heavy atom. The Balaban J connectivity index is 1.75. The van der Waals surface area contributed by atoms with Crippen LogP contribution in [0.4, 0.5) is 4.39 Å². The van der Waals surface area contributed by atoms with E-state index in [-0.39, 0.29) is 11.9 Å². The first-order valence-electron chi connectivity index (χ1n) is 8.97. The largest absolute Gasteiger partial charge is 0.497 e. The van der Waals surface area contributed by atoms with E-state index in [1.165, 1.54) is 25.4 Å². The molecule has 1 amide bonds. The zero-order valence-corrected chi connectivity index (χ0v) is 15.5. The van der Waals surface area contributed by atoms with Gasteiger partial charge < -0.3 is 10.1 Å². The Hall–Kier alpha value is -2.96. The van der Waals surface area contributed by atoms with Crippen molar-refractivity contribution in [2.45, 2.75) is 32.7 Å². The lowest BCUT2D eigenvalue weighted by Gasteiger charge is -2.12. The molecular weight excluding hydrogens is 347 g/mol. The van der Waals surface area contributed by atoms with Crippen LogP contribution in [0, 0.1) is 18.7 Å². The Morgan fingerprint density at radius 3 is 2.81 bits per heavy atom. The maximum Gasteiger partial charge on any atom is 0.256 e. The standard InChI is InChI=1S/C20H21FN4O2/c1-11-6-18(14-7-15(21)9-16(8-14)27-3)24-19-17(10-22-25(11)19)20(26)23-12(2)13-4-5-13/h6-10,12-13H,4-5H2,1-3H3,(H,23,26). The molecule has 1 saturated carbocycles. The third kappa shape index (κ3) is 3.37. The van der Waals surface area contributed by atoms with Crippen molar-refractivity contribution in [3.8, 4) is 17.0 Å². The molecule has 1 aromatic carbocycles. The summed E-state index contributed by atoms with van der Waals surface area (Å²) in [5.41, 5.74) is 2.80. The summed E-state index contributed by atoms with van der Waals surface area (Å²) < 4.78 is 20.7. The molecule has 3 aromatic rings. The second kappa shape index (κ2) is 6.64. The van der Waals surface area contributed by atoms with Gasteiger partial charge in [-0.15, -0.1) is 0 Å². The Bertz CT molecular complexity index is 1030. The average Bonchev–Trinajstić information content (AvgIpc) is 3.40. The number of methoxy groups -OCH3 is 1.